The fourth-order valence-corrected chi connectivity index (χ4v) is 4.47. The SMILES string of the molecule is C[C@@H](Oc1cc(-c2cnn(C3CCNCC3)c2)cnc1N)c1c(Cl)ccc(Cl)c1Cl. The number of hydrogen-bond donors (Lipinski definition) is 2. The summed E-state index contributed by atoms with van der Waals surface area (Å²) in [6, 6.07) is 5.61. The van der Waals surface area contributed by atoms with E-state index in [1.807, 2.05) is 30.1 Å². The molecule has 6 nitrogen and oxygen atoms in total. The topological polar surface area (TPSA) is 78.0 Å². The van der Waals surface area contributed by atoms with Gasteiger partial charge in [-0.3, -0.25) is 4.68 Å². The van der Waals surface area contributed by atoms with E-state index in [1.54, 1.807) is 18.3 Å². The quantitative estimate of drug-likeness (QED) is 0.482. The Bertz CT molecular complexity index is 1050. The standard InChI is InChI=1S/C21H22Cl3N5O/c1-12(19-16(22)2-3-17(23)20(19)24)30-18-8-13(9-27-21(18)25)14-10-28-29(11-14)15-4-6-26-7-5-15/h2-3,8-12,15,26H,4-7H2,1H3,(H2,25,27)/t12-/m1/s1. The number of nitrogens with one attached hydrogen (secondary N) is 1. The minimum absolute atomic E-state index is 0.283. The number of aromatic nitrogens is 3. The summed E-state index contributed by atoms with van der Waals surface area (Å²) in [5.41, 5.74) is 8.50. The lowest BCUT2D eigenvalue weighted by Gasteiger charge is -2.22. The van der Waals surface area contributed by atoms with Gasteiger partial charge in [0.05, 0.1) is 22.3 Å². The molecule has 30 heavy (non-hydrogen) atoms. The molecule has 3 N–H and O–H groups in total. The highest BCUT2D eigenvalue weighted by molar-refractivity contribution is 6.44. The monoisotopic (exact) mass is 465 g/mol. The lowest BCUT2D eigenvalue weighted by molar-refractivity contribution is 0.228. The smallest absolute Gasteiger partial charge is 0.166 e. The predicted octanol–water partition coefficient (Wildman–Crippen LogP) is 5.55. The van der Waals surface area contributed by atoms with E-state index in [2.05, 4.69) is 15.4 Å². The summed E-state index contributed by atoms with van der Waals surface area (Å²) in [6.07, 6.45) is 7.26. The number of halogens is 3. The van der Waals surface area contributed by atoms with Crippen LogP contribution in [-0.4, -0.2) is 27.9 Å². The van der Waals surface area contributed by atoms with Gasteiger partial charge < -0.3 is 15.8 Å². The van der Waals surface area contributed by atoms with Crippen LogP contribution in [0.3, 0.4) is 0 Å². The van der Waals surface area contributed by atoms with Crippen molar-refractivity contribution in [2.24, 2.45) is 0 Å². The van der Waals surface area contributed by atoms with Gasteiger partial charge in [-0.2, -0.15) is 5.10 Å². The van der Waals surface area contributed by atoms with E-state index in [4.69, 9.17) is 45.3 Å². The molecule has 1 fully saturated rings. The number of pyridine rings is 1. The van der Waals surface area contributed by atoms with Crippen LogP contribution in [0.15, 0.2) is 36.8 Å². The zero-order valence-corrected chi connectivity index (χ0v) is 18.7. The van der Waals surface area contributed by atoms with Gasteiger partial charge in [-0.05, 0) is 51.1 Å². The van der Waals surface area contributed by atoms with Gasteiger partial charge in [0.2, 0.25) is 0 Å². The maximum absolute atomic E-state index is 6.34. The molecule has 0 unspecified atom stereocenters. The van der Waals surface area contributed by atoms with Crippen LogP contribution in [0.25, 0.3) is 11.1 Å². The Balaban J connectivity index is 1.58. The van der Waals surface area contributed by atoms with Crippen molar-refractivity contribution in [3.05, 3.63) is 57.4 Å². The molecule has 1 aliphatic heterocycles. The first kappa shape index (κ1) is 21.2. The third-order valence-electron chi connectivity index (χ3n) is 5.29. The third-order valence-corrected chi connectivity index (χ3v) is 6.44. The Morgan fingerprint density at radius 1 is 1.13 bits per heavy atom. The van der Waals surface area contributed by atoms with Gasteiger partial charge in [-0.25, -0.2) is 4.98 Å². The normalized spacial score (nSPS) is 15.9. The summed E-state index contributed by atoms with van der Waals surface area (Å²) >= 11 is 18.8. The molecule has 0 bridgehead atoms. The lowest BCUT2D eigenvalue weighted by Crippen LogP contribution is -2.29. The Labute approximate surface area is 190 Å². The molecule has 9 heteroatoms. The zero-order chi connectivity index (χ0) is 21.3. The molecule has 3 aromatic rings. The van der Waals surface area contributed by atoms with Gasteiger partial charge in [-0.1, -0.05) is 34.8 Å². The number of nitrogens with two attached hydrogens (primary N) is 1. The summed E-state index contributed by atoms with van der Waals surface area (Å²) < 4.78 is 8.11. The Morgan fingerprint density at radius 3 is 2.63 bits per heavy atom. The van der Waals surface area contributed by atoms with E-state index in [1.165, 1.54) is 0 Å². The van der Waals surface area contributed by atoms with E-state index in [9.17, 15) is 0 Å². The molecule has 1 saturated heterocycles. The zero-order valence-electron chi connectivity index (χ0n) is 16.4. The number of hydrogen-bond acceptors (Lipinski definition) is 5. The number of piperidine rings is 1. The van der Waals surface area contributed by atoms with Crippen LogP contribution in [0.5, 0.6) is 5.75 Å². The van der Waals surface area contributed by atoms with E-state index in [0.717, 1.165) is 37.1 Å². The summed E-state index contributed by atoms with van der Waals surface area (Å²) in [5, 5.41) is 9.17. The van der Waals surface area contributed by atoms with Crippen molar-refractivity contribution in [2.45, 2.75) is 31.9 Å². The second kappa shape index (κ2) is 9.02. The second-order valence-electron chi connectivity index (χ2n) is 7.31. The fourth-order valence-electron chi connectivity index (χ4n) is 3.63. The first-order valence-electron chi connectivity index (χ1n) is 9.75. The van der Waals surface area contributed by atoms with E-state index in [0.29, 0.717) is 32.4 Å². The average Bonchev–Trinajstić information content (AvgIpc) is 3.24. The Kier molecular flexibility index (Phi) is 6.39. The summed E-state index contributed by atoms with van der Waals surface area (Å²) in [5.74, 6) is 0.729. The molecule has 0 radical (unpaired) electrons. The largest absolute Gasteiger partial charge is 0.482 e. The molecule has 1 aliphatic rings. The number of benzene rings is 1. The van der Waals surface area contributed by atoms with Gasteiger partial charge in [0.1, 0.15) is 6.10 Å². The van der Waals surface area contributed by atoms with Crippen LogP contribution in [-0.2, 0) is 0 Å². The number of nitrogen functional groups attached to an aromatic ring is 1. The molecule has 2 aromatic heterocycles. The van der Waals surface area contributed by atoms with Gasteiger partial charge in [0.15, 0.2) is 11.6 Å². The molecule has 0 spiro atoms. The molecule has 4 rings (SSSR count). The highest BCUT2D eigenvalue weighted by atomic mass is 35.5. The van der Waals surface area contributed by atoms with Gasteiger partial charge in [0.25, 0.3) is 0 Å². The molecule has 0 saturated carbocycles. The third kappa shape index (κ3) is 4.37. The van der Waals surface area contributed by atoms with Crippen molar-refractivity contribution < 1.29 is 4.74 Å². The van der Waals surface area contributed by atoms with E-state index < -0.39 is 6.10 Å². The van der Waals surface area contributed by atoms with E-state index in [-0.39, 0.29) is 5.82 Å². The average molecular weight is 467 g/mol. The van der Waals surface area contributed by atoms with Crippen LogP contribution < -0.4 is 15.8 Å². The summed E-state index contributed by atoms with van der Waals surface area (Å²) in [4.78, 5) is 4.30. The van der Waals surface area contributed by atoms with Crippen molar-refractivity contribution in [2.75, 3.05) is 18.8 Å². The summed E-state index contributed by atoms with van der Waals surface area (Å²) in [7, 11) is 0. The summed E-state index contributed by atoms with van der Waals surface area (Å²) in [6.45, 7) is 3.85. The minimum Gasteiger partial charge on any atom is -0.482 e. The van der Waals surface area contributed by atoms with Gasteiger partial charge in [-0.15, -0.1) is 0 Å². The fraction of sp³-hybridized carbons (Fsp3) is 0.333. The molecule has 0 aliphatic carbocycles. The molecular weight excluding hydrogens is 445 g/mol. The maximum atomic E-state index is 6.34. The van der Waals surface area contributed by atoms with Crippen LogP contribution in [0.2, 0.25) is 15.1 Å². The van der Waals surface area contributed by atoms with E-state index >= 15 is 0 Å². The molecule has 3 heterocycles. The number of anilines is 1. The van der Waals surface area contributed by atoms with Crippen molar-refractivity contribution in [3.8, 4) is 16.9 Å². The molecular formula is C21H22Cl3N5O. The van der Waals surface area contributed by atoms with Crippen LogP contribution in [0.1, 0.15) is 37.5 Å². The van der Waals surface area contributed by atoms with Crippen LogP contribution in [0, 0.1) is 0 Å². The second-order valence-corrected chi connectivity index (χ2v) is 8.51. The predicted molar refractivity (Wildman–Crippen MR) is 122 cm³/mol. The van der Waals surface area contributed by atoms with Gasteiger partial charge >= 0.3 is 0 Å². The first-order chi connectivity index (χ1) is 14.4. The maximum Gasteiger partial charge on any atom is 0.166 e. The van der Waals surface area contributed by atoms with Crippen LogP contribution in [0.4, 0.5) is 5.82 Å². The van der Waals surface area contributed by atoms with Crippen molar-refractivity contribution in [3.63, 3.8) is 0 Å². The van der Waals surface area contributed by atoms with Crippen molar-refractivity contribution in [1.29, 1.82) is 0 Å². The Morgan fingerprint density at radius 2 is 1.87 bits per heavy atom. The van der Waals surface area contributed by atoms with Crippen LogP contribution >= 0.6 is 34.8 Å². The van der Waals surface area contributed by atoms with Gasteiger partial charge in [0, 0.05) is 34.1 Å². The molecule has 0 amide bonds. The van der Waals surface area contributed by atoms with Crippen molar-refractivity contribution >= 4 is 40.6 Å². The highest BCUT2D eigenvalue weighted by Crippen LogP contribution is 2.39. The number of rotatable bonds is 5. The molecule has 158 valence electrons. The molecule has 1 atom stereocenters. The Hall–Kier alpha value is -1.99. The highest BCUT2D eigenvalue weighted by Gasteiger charge is 2.20. The molecule has 1 aromatic carbocycles. The minimum atomic E-state index is -0.472. The van der Waals surface area contributed by atoms with Crippen molar-refractivity contribution in [1.82, 2.24) is 20.1 Å². The first-order valence-corrected chi connectivity index (χ1v) is 10.9. The lowest BCUT2D eigenvalue weighted by atomic mass is 10.1. The number of nitrogens with zero attached hydrogens (tertiary/aromatic N) is 3. The number of ether oxygens (including phenoxy) is 1.